The van der Waals surface area contributed by atoms with Crippen molar-refractivity contribution < 1.29 is 0 Å². The van der Waals surface area contributed by atoms with Gasteiger partial charge in [-0.3, -0.25) is 4.68 Å². The van der Waals surface area contributed by atoms with Gasteiger partial charge in [0.15, 0.2) is 5.82 Å². The van der Waals surface area contributed by atoms with E-state index in [-0.39, 0.29) is 0 Å². The molecule has 0 aliphatic heterocycles. The molecule has 0 bridgehead atoms. The quantitative estimate of drug-likeness (QED) is 0.807. The van der Waals surface area contributed by atoms with E-state index in [1.165, 1.54) is 0 Å². The topological polar surface area (TPSA) is 82.5 Å². The first kappa shape index (κ1) is 9.07. The fourth-order valence-corrected chi connectivity index (χ4v) is 1.14. The molecule has 0 aliphatic rings. The molecular weight excluding hydrogens is 248 g/mol. The third kappa shape index (κ3) is 1.58. The summed E-state index contributed by atoms with van der Waals surface area (Å²) in [6, 6.07) is 0. The Kier molecular flexibility index (Phi) is 2.16. The molecule has 2 aromatic heterocycles. The SMILES string of the molecule is Cn1cc(-c2ncc(Br)c(N)n2)nn1. The van der Waals surface area contributed by atoms with Crippen molar-refractivity contribution >= 4 is 21.7 Å². The Hall–Kier alpha value is -1.50. The summed E-state index contributed by atoms with van der Waals surface area (Å²) in [7, 11) is 1.78. The predicted octanol–water partition coefficient (Wildman–Crippen LogP) is 0.617. The molecule has 6 nitrogen and oxygen atoms in total. The number of aryl methyl sites for hydroxylation is 1. The van der Waals surface area contributed by atoms with E-state index < -0.39 is 0 Å². The van der Waals surface area contributed by atoms with E-state index >= 15 is 0 Å². The molecule has 0 spiro atoms. The molecular formula is C7H7BrN6. The molecule has 0 unspecified atom stereocenters. The fourth-order valence-electron chi connectivity index (χ4n) is 0.954. The number of nitrogens with two attached hydrogens (primary N) is 1. The van der Waals surface area contributed by atoms with Gasteiger partial charge in [-0.15, -0.1) is 5.10 Å². The molecule has 0 aliphatic carbocycles. The van der Waals surface area contributed by atoms with E-state index in [9.17, 15) is 0 Å². The van der Waals surface area contributed by atoms with Crippen LogP contribution in [0.5, 0.6) is 0 Å². The van der Waals surface area contributed by atoms with Gasteiger partial charge in [-0.2, -0.15) is 0 Å². The van der Waals surface area contributed by atoms with Crippen LogP contribution in [-0.4, -0.2) is 25.0 Å². The summed E-state index contributed by atoms with van der Waals surface area (Å²) in [5, 5.41) is 7.65. The highest BCUT2D eigenvalue weighted by Gasteiger charge is 2.07. The van der Waals surface area contributed by atoms with Gasteiger partial charge in [-0.1, -0.05) is 5.21 Å². The lowest BCUT2D eigenvalue weighted by Gasteiger charge is -1.97. The largest absolute Gasteiger partial charge is 0.383 e. The Balaban J connectivity index is 2.47. The normalized spacial score (nSPS) is 10.4. The minimum atomic E-state index is 0.389. The highest BCUT2D eigenvalue weighted by atomic mass is 79.9. The maximum Gasteiger partial charge on any atom is 0.183 e. The Bertz CT molecular complexity index is 465. The molecule has 0 atom stereocenters. The average Bonchev–Trinajstić information content (AvgIpc) is 2.57. The van der Waals surface area contributed by atoms with Crippen LogP contribution in [0.25, 0.3) is 11.5 Å². The van der Waals surface area contributed by atoms with Crippen molar-refractivity contribution in [3.8, 4) is 11.5 Å². The van der Waals surface area contributed by atoms with Crippen LogP contribution in [-0.2, 0) is 7.05 Å². The van der Waals surface area contributed by atoms with Gasteiger partial charge < -0.3 is 5.73 Å². The Morgan fingerprint density at radius 2 is 2.29 bits per heavy atom. The van der Waals surface area contributed by atoms with Gasteiger partial charge in [0.2, 0.25) is 0 Å². The fraction of sp³-hybridized carbons (Fsp3) is 0.143. The van der Waals surface area contributed by atoms with Gasteiger partial charge in [-0.05, 0) is 15.9 Å². The van der Waals surface area contributed by atoms with Crippen LogP contribution in [0.1, 0.15) is 0 Å². The zero-order chi connectivity index (χ0) is 10.1. The van der Waals surface area contributed by atoms with Crippen LogP contribution < -0.4 is 5.73 Å². The lowest BCUT2D eigenvalue weighted by molar-refractivity contribution is 0.715. The van der Waals surface area contributed by atoms with E-state index in [1.54, 1.807) is 24.1 Å². The average molecular weight is 255 g/mol. The molecule has 7 heteroatoms. The molecule has 2 aromatic rings. The van der Waals surface area contributed by atoms with Crippen molar-refractivity contribution in [1.29, 1.82) is 0 Å². The molecule has 72 valence electrons. The van der Waals surface area contributed by atoms with Gasteiger partial charge in [-0.25, -0.2) is 9.97 Å². The van der Waals surface area contributed by atoms with Crippen molar-refractivity contribution in [1.82, 2.24) is 25.0 Å². The summed E-state index contributed by atoms with van der Waals surface area (Å²) >= 11 is 3.22. The first-order valence-electron chi connectivity index (χ1n) is 3.81. The molecule has 14 heavy (non-hydrogen) atoms. The Morgan fingerprint density at radius 3 is 2.86 bits per heavy atom. The van der Waals surface area contributed by atoms with Crippen LogP contribution in [0.15, 0.2) is 16.9 Å². The van der Waals surface area contributed by atoms with E-state index in [1.807, 2.05) is 0 Å². The number of anilines is 1. The standard InChI is InChI=1S/C7H7BrN6/c1-14-3-5(12-13-14)7-10-2-4(8)6(9)11-7/h2-3H,1H3,(H2,9,10,11). The zero-order valence-electron chi connectivity index (χ0n) is 7.35. The van der Waals surface area contributed by atoms with E-state index in [0.717, 1.165) is 0 Å². The van der Waals surface area contributed by atoms with Gasteiger partial charge in [0, 0.05) is 13.2 Å². The maximum atomic E-state index is 5.61. The van der Waals surface area contributed by atoms with E-state index in [0.29, 0.717) is 21.8 Å². The van der Waals surface area contributed by atoms with Crippen molar-refractivity contribution in [2.75, 3.05) is 5.73 Å². The summed E-state index contributed by atoms with van der Waals surface area (Å²) < 4.78 is 2.25. The molecule has 2 heterocycles. The van der Waals surface area contributed by atoms with Crippen molar-refractivity contribution in [2.45, 2.75) is 0 Å². The molecule has 0 saturated carbocycles. The van der Waals surface area contributed by atoms with Crippen LogP contribution in [0.3, 0.4) is 0 Å². The second kappa shape index (κ2) is 3.33. The predicted molar refractivity (Wildman–Crippen MR) is 54.1 cm³/mol. The molecule has 0 fully saturated rings. The highest BCUT2D eigenvalue weighted by molar-refractivity contribution is 9.10. The van der Waals surface area contributed by atoms with Crippen LogP contribution in [0.2, 0.25) is 0 Å². The first-order chi connectivity index (χ1) is 6.66. The van der Waals surface area contributed by atoms with Crippen LogP contribution >= 0.6 is 15.9 Å². The molecule has 0 radical (unpaired) electrons. The summed E-state index contributed by atoms with van der Waals surface area (Å²) in [5.41, 5.74) is 6.22. The van der Waals surface area contributed by atoms with Gasteiger partial charge >= 0.3 is 0 Å². The van der Waals surface area contributed by atoms with Gasteiger partial charge in [0.05, 0.1) is 10.7 Å². The van der Waals surface area contributed by atoms with Gasteiger partial charge in [0.1, 0.15) is 11.5 Å². The first-order valence-corrected chi connectivity index (χ1v) is 4.61. The molecule has 0 amide bonds. The number of halogens is 1. The minimum Gasteiger partial charge on any atom is -0.383 e. The second-order valence-corrected chi connectivity index (χ2v) is 3.56. The maximum absolute atomic E-state index is 5.61. The number of nitrogens with zero attached hydrogens (tertiary/aromatic N) is 5. The molecule has 2 N–H and O–H groups in total. The molecule has 2 rings (SSSR count). The lowest BCUT2D eigenvalue weighted by atomic mass is 10.4. The molecule has 0 aromatic carbocycles. The van der Waals surface area contributed by atoms with Crippen molar-refractivity contribution in [3.63, 3.8) is 0 Å². The smallest absolute Gasteiger partial charge is 0.183 e. The number of hydrogen-bond acceptors (Lipinski definition) is 5. The van der Waals surface area contributed by atoms with Crippen molar-refractivity contribution in [2.24, 2.45) is 7.05 Å². The number of hydrogen-bond donors (Lipinski definition) is 1. The third-order valence-corrected chi connectivity index (χ3v) is 2.21. The summed E-state index contributed by atoms with van der Waals surface area (Å²) in [5.74, 6) is 0.861. The zero-order valence-corrected chi connectivity index (χ0v) is 8.93. The minimum absolute atomic E-state index is 0.389. The van der Waals surface area contributed by atoms with Crippen LogP contribution in [0.4, 0.5) is 5.82 Å². The van der Waals surface area contributed by atoms with Crippen LogP contribution in [0, 0.1) is 0 Å². The second-order valence-electron chi connectivity index (χ2n) is 2.70. The Labute approximate surface area is 88.3 Å². The van der Waals surface area contributed by atoms with E-state index in [4.69, 9.17) is 5.73 Å². The van der Waals surface area contributed by atoms with Crippen molar-refractivity contribution in [3.05, 3.63) is 16.9 Å². The summed E-state index contributed by atoms with van der Waals surface area (Å²) in [6.45, 7) is 0. The summed E-state index contributed by atoms with van der Waals surface area (Å²) in [4.78, 5) is 8.13. The number of rotatable bonds is 1. The van der Waals surface area contributed by atoms with Gasteiger partial charge in [0.25, 0.3) is 0 Å². The number of nitrogen functional groups attached to an aromatic ring is 1. The summed E-state index contributed by atoms with van der Waals surface area (Å²) in [6.07, 6.45) is 3.31. The third-order valence-electron chi connectivity index (χ3n) is 1.60. The Morgan fingerprint density at radius 1 is 1.50 bits per heavy atom. The monoisotopic (exact) mass is 254 g/mol. The lowest BCUT2D eigenvalue weighted by Crippen LogP contribution is -1.96. The highest BCUT2D eigenvalue weighted by Crippen LogP contribution is 2.18. The number of aromatic nitrogens is 5. The van der Waals surface area contributed by atoms with E-state index in [2.05, 4.69) is 36.2 Å². The molecule has 0 saturated heterocycles.